The average Bonchev–Trinajstić information content (AvgIpc) is 3.64. The van der Waals surface area contributed by atoms with E-state index in [0.29, 0.717) is 36.8 Å². The molecule has 0 saturated carbocycles. The molecule has 1 fully saturated rings. The number of ether oxygens (including phenoxy) is 1. The summed E-state index contributed by atoms with van der Waals surface area (Å²) in [5.74, 6) is 0.298. The van der Waals surface area contributed by atoms with Gasteiger partial charge in [0.15, 0.2) is 5.78 Å². The van der Waals surface area contributed by atoms with E-state index < -0.39 is 11.5 Å². The molecule has 4 aromatic rings. The van der Waals surface area contributed by atoms with Gasteiger partial charge in [-0.1, -0.05) is 42.5 Å². The first-order valence-corrected chi connectivity index (χ1v) is 13.4. The number of ketones is 1. The van der Waals surface area contributed by atoms with Crippen LogP contribution in [0.4, 0.5) is 5.69 Å². The van der Waals surface area contributed by atoms with Crippen molar-refractivity contribution in [3.05, 3.63) is 119 Å². The number of aryl methyl sites for hydroxylation is 1. The zero-order valence-electron chi connectivity index (χ0n) is 22.5. The summed E-state index contributed by atoms with van der Waals surface area (Å²) in [6.45, 7) is 5.49. The Balaban J connectivity index is 1.50. The van der Waals surface area contributed by atoms with Crippen molar-refractivity contribution in [2.45, 2.75) is 31.8 Å². The minimum Gasteiger partial charge on any atom is -0.494 e. The number of carbonyl (C=O) groups is 2. The number of hydrogen-bond acceptors (Lipinski definition) is 5. The second kappa shape index (κ2) is 9.86. The average molecular weight is 521 g/mol. The Hall–Kier alpha value is -4.16. The zero-order chi connectivity index (χ0) is 27.1. The van der Waals surface area contributed by atoms with Gasteiger partial charge in [0.25, 0.3) is 5.91 Å². The summed E-state index contributed by atoms with van der Waals surface area (Å²) in [6, 6.07) is 27.0. The minimum atomic E-state index is -1.16. The van der Waals surface area contributed by atoms with E-state index in [-0.39, 0.29) is 17.6 Å². The lowest BCUT2D eigenvalue weighted by Crippen LogP contribution is -2.53. The summed E-state index contributed by atoms with van der Waals surface area (Å²) in [5.41, 5.74) is 3.31. The summed E-state index contributed by atoms with van der Waals surface area (Å²) in [6.07, 6.45) is 1.63. The van der Waals surface area contributed by atoms with E-state index in [1.165, 1.54) is 0 Å². The second-order valence-corrected chi connectivity index (χ2v) is 10.4. The molecule has 6 nitrogen and oxygen atoms in total. The predicted molar refractivity (Wildman–Crippen MR) is 150 cm³/mol. The highest BCUT2D eigenvalue weighted by Gasteiger charge is 2.66. The number of furan rings is 1. The molecule has 3 heterocycles. The SMILES string of the molecule is CCOc1ccc(C(=O)C2C(c3ccco3)CN(C)C23C(=O)N(Cc2ccccc2C)c2ccccc23)cc1. The van der Waals surface area contributed by atoms with Crippen LogP contribution in [0, 0.1) is 12.8 Å². The van der Waals surface area contributed by atoms with Gasteiger partial charge in [0.2, 0.25) is 0 Å². The summed E-state index contributed by atoms with van der Waals surface area (Å²) >= 11 is 0. The van der Waals surface area contributed by atoms with Crippen LogP contribution < -0.4 is 9.64 Å². The number of likely N-dealkylation sites (tertiary alicyclic amines) is 1. The Morgan fingerprint density at radius 1 is 1.00 bits per heavy atom. The Kier molecular flexibility index (Phi) is 6.35. The zero-order valence-corrected chi connectivity index (χ0v) is 22.5. The van der Waals surface area contributed by atoms with Crippen LogP contribution in [-0.2, 0) is 16.9 Å². The monoisotopic (exact) mass is 520 g/mol. The van der Waals surface area contributed by atoms with Crippen molar-refractivity contribution in [3.8, 4) is 5.75 Å². The smallest absolute Gasteiger partial charge is 0.253 e. The topological polar surface area (TPSA) is 63.0 Å². The van der Waals surface area contributed by atoms with Gasteiger partial charge in [0, 0.05) is 29.3 Å². The van der Waals surface area contributed by atoms with Crippen LogP contribution >= 0.6 is 0 Å². The van der Waals surface area contributed by atoms with Crippen LogP contribution in [0.25, 0.3) is 0 Å². The lowest BCUT2D eigenvalue weighted by atomic mass is 9.71. The first kappa shape index (κ1) is 25.1. The van der Waals surface area contributed by atoms with E-state index in [1.54, 1.807) is 18.4 Å². The van der Waals surface area contributed by atoms with Gasteiger partial charge >= 0.3 is 0 Å². The third-order valence-electron chi connectivity index (χ3n) is 8.33. The summed E-state index contributed by atoms with van der Waals surface area (Å²) in [7, 11) is 1.95. The van der Waals surface area contributed by atoms with Gasteiger partial charge in [-0.2, -0.15) is 0 Å². The molecule has 2 aliphatic rings. The molecule has 0 N–H and O–H groups in total. The molecule has 6 rings (SSSR count). The summed E-state index contributed by atoms with van der Waals surface area (Å²) in [4.78, 5) is 33.2. The molecule has 39 heavy (non-hydrogen) atoms. The number of carbonyl (C=O) groups excluding carboxylic acids is 2. The molecule has 6 heteroatoms. The fourth-order valence-electron chi connectivity index (χ4n) is 6.51. The molecule has 2 aliphatic heterocycles. The third kappa shape index (κ3) is 3.90. The van der Waals surface area contributed by atoms with Crippen LogP contribution in [0.15, 0.2) is 95.6 Å². The predicted octanol–water partition coefficient (Wildman–Crippen LogP) is 5.96. The molecule has 0 aliphatic carbocycles. The molecule has 3 aromatic carbocycles. The molecule has 0 radical (unpaired) electrons. The number of amides is 1. The van der Waals surface area contributed by atoms with Crippen LogP contribution in [0.3, 0.4) is 0 Å². The molecule has 1 spiro atoms. The van der Waals surface area contributed by atoms with Crippen LogP contribution in [-0.4, -0.2) is 36.8 Å². The van der Waals surface area contributed by atoms with Crippen molar-refractivity contribution < 1.29 is 18.7 Å². The van der Waals surface area contributed by atoms with E-state index in [9.17, 15) is 9.59 Å². The maximum absolute atomic E-state index is 14.8. The number of likely N-dealkylation sites (N-methyl/N-ethyl adjacent to an activating group) is 1. The van der Waals surface area contributed by atoms with Gasteiger partial charge in [-0.15, -0.1) is 0 Å². The highest BCUT2D eigenvalue weighted by molar-refractivity contribution is 6.13. The van der Waals surface area contributed by atoms with Crippen molar-refractivity contribution >= 4 is 17.4 Å². The van der Waals surface area contributed by atoms with Crippen molar-refractivity contribution in [2.24, 2.45) is 5.92 Å². The van der Waals surface area contributed by atoms with Gasteiger partial charge in [-0.3, -0.25) is 14.5 Å². The van der Waals surface area contributed by atoms with Gasteiger partial charge in [0.1, 0.15) is 17.0 Å². The fourth-order valence-corrected chi connectivity index (χ4v) is 6.51. The maximum Gasteiger partial charge on any atom is 0.253 e. The van der Waals surface area contributed by atoms with Gasteiger partial charge < -0.3 is 14.1 Å². The van der Waals surface area contributed by atoms with Crippen LogP contribution in [0.2, 0.25) is 0 Å². The Bertz CT molecular complexity index is 1510. The summed E-state index contributed by atoms with van der Waals surface area (Å²) in [5, 5.41) is 0. The molecule has 1 aromatic heterocycles. The van der Waals surface area contributed by atoms with E-state index in [4.69, 9.17) is 9.15 Å². The number of nitrogens with zero attached hydrogens (tertiary/aromatic N) is 2. The van der Waals surface area contributed by atoms with Crippen molar-refractivity contribution in [3.63, 3.8) is 0 Å². The number of benzene rings is 3. The van der Waals surface area contributed by atoms with E-state index in [0.717, 1.165) is 22.4 Å². The largest absolute Gasteiger partial charge is 0.494 e. The molecule has 0 bridgehead atoms. The summed E-state index contributed by atoms with van der Waals surface area (Å²) < 4.78 is 11.5. The Morgan fingerprint density at radius 3 is 2.46 bits per heavy atom. The Morgan fingerprint density at radius 2 is 1.74 bits per heavy atom. The molecular weight excluding hydrogens is 488 g/mol. The number of Topliss-reactive ketones (excluding diaryl/α,β-unsaturated/α-hetero) is 1. The highest BCUT2D eigenvalue weighted by atomic mass is 16.5. The van der Waals surface area contributed by atoms with Gasteiger partial charge in [-0.25, -0.2) is 0 Å². The Labute approximate surface area is 228 Å². The maximum atomic E-state index is 14.8. The molecule has 198 valence electrons. The molecular formula is C33H32N2O4. The van der Waals surface area contributed by atoms with Crippen molar-refractivity contribution in [1.29, 1.82) is 0 Å². The third-order valence-corrected chi connectivity index (χ3v) is 8.33. The quantitative estimate of drug-likeness (QED) is 0.282. The lowest BCUT2D eigenvalue weighted by Gasteiger charge is -2.36. The fraction of sp³-hybridized carbons (Fsp3) is 0.273. The number of hydrogen-bond donors (Lipinski definition) is 0. The van der Waals surface area contributed by atoms with Gasteiger partial charge in [0.05, 0.1) is 25.3 Å². The van der Waals surface area contributed by atoms with Crippen molar-refractivity contribution in [2.75, 3.05) is 25.1 Å². The molecule has 1 amide bonds. The van der Waals surface area contributed by atoms with E-state index in [2.05, 4.69) is 24.0 Å². The number of para-hydroxylation sites is 1. The number of fused-ring (bicyclic) bond motifs is 2. The standard InChI is InChI=1S/C33H32N2O4/c1-4-38-25-17-15-23(16-18-25)31(36)30-26(29-14-9-19-39-29)21-34(3)33(30)27-12-7-8-13-28(27)35(32(33)37)20-24-11-6-5-10-22(24)2/h5-19,26,30H,4,20-21H2,1-3H3. The molecule has 3 unspecified atom stereocenters. The second-order valence-electron chi connectivity index (χ2n) is 10.4. The molecule has 1 saturated heterocycles. The highest BCUT2D eigenvalue weighted by Crippen LogP contribution is 2.57. The van der Waals surface area contributed by atoms with E-state index >= 15 is 0 Å². The van der Waals surface area contributed by atoms with Crippen LogP contribution in [0.1, 0.15) is 45.7 Å². The first-order chi connectivity index (χ1) is 19.0. The van der Waals surface area contributed by atoms with E-state index in [1.807, 2.05) is 79.5 Å². The number of anilines is 1. The first-order valence-electron chi connectivity index (χ1n) is 13.4. The minimum absolute atomic E-state index is 0.0761. The molecule has 3 atom stereocenters. The lowest BCUT2D eigenvalue weighted by molar-refractivity contribution is -0.129. The van der Waals surface area contributed by atoms with Gasteiger partial charge in [-0.05, 0) is 74.5 Å². The van der Waals surface area contributed by atoms with Crippen LogP contribution in [0.5, 0.6) is 5.75 Å². The number of rotatable bonds is 7. The normalized spacial score (nSPS) is 22.4. The van der Waals surface area contributed by atoms with Crippen molar-refractivity contribution in [1.82, 2.24) is 4.90 Å².